The van der Waals surface area contributed by atoms with E-state index in [1.54, 1.807) is 0 Å². The zero-order chi connectivity index (χ0) is 39.4. The topological polar surface area (TPSA) is 83.8 Å². The van der Waals surface area contributed by atoms with E-state index in [1.165, 1.54) is 5.75 Å². The molecule has 0 saturated carbocycles. The molecular formula is C51H63O4S-. The highest BCUT2D eigenvalue weighted by atomic mass is 32.2. The molecule has 5 heteroatoms. The molecule has 1 aliphatic carbocycles. The average molecular weight is 772 g/mol. The molecule has 6 aromatic rings. The van der Waals surface area contributed by atoms with Gasteiger partial charge in [-0.15, -0.1) is 5.75 Å². The van der Waals surface area contributed by atoms with E-state index in [0.29, 0.717) is 57.3 Å². The minimum absolute atomic E-state index is 0. The van der Waals surface area contributed by atoms with Crippen LogP contribution in [0.4, 0.5) is 0 Å². The quantitative estimate of drug-likeness (QED) is 0.167. The van der Waals surface area contributed by atoms with E-state index in [1.807, 2.05) is 162 Å². The molecule has 0 atom stereocenters. The predicted octanol–water partition coefficient (Wildman–Crippen LogP) is 13.2. The van der Waals surface area contributed by atoms with Gasteiger partial charge < -0.3 is 20.4 Å². The maximum absolute atomic E-state index is 14.1. The fourth-order valence-electron chi connectivity index (χ4n) is 6.87. The van der Waals surface area contributed by atoms with Crippen LogP contribution in [0.15, 0.2) is 109 Å². The molecule has 8 bridgehead atoms. The Morgan fingerprint density at radius 2 is 0.714 bits per heavy atom. The number of hydrogen-bond donors (Lipinski definition) is 3. The molecule has 56 heavy (non-hydrogen) atoms. The van der Waals surface area contributed by atoms with E-state index < -0.39 is 0 Å². The summed E-state index contributed by atoms with van der Waals surface area (Å²) in [5.41, 5.74) is 11.0. The normalized spacial score (nSPS) is 11.1. The van der Waals surface area contributed by atoms with E-state index in [9.17, 15) is 20.4 Å². The highest BCUT2D eigenvalue weighted by Gasteiger charge is 2.20. The molecule has 0 saturated heterocycles. The van der Waals surface area contributed by atoms with Crippen molar-refractivity contribution in [1.29, 1.82) is 0 Å². The maximum Gasteiger partial charge on any atom is 0.122 e. The van der Waals surface area contributed by atoms with Crippen LogP contribution in [0.5, 0.6) is 23.0 Å². The van der Waals surface area contributed by atoms with E-state index in [0.717, 1.165) is 33.4 Å². The van der Waals surface area contributed by atoms with Gasteiger partial charge in [0.2, 0.25) is 0 Å². The van der Waals surface area contributed by atoms with Crippen LogP contribution < -0.4 is 5.11 Å². The molecule has 6 aromatic carbocycles. The largest absolute Gasteiger partial charge is 0.872 e. The second kappa shape index (κ2) is 22.4. The number of hydrogen-bond acceptors (Lipinski definition) is 5. The first-order valence-corrected chi connectivity index (χ1v) is 20.4. The first-order chi connectivity index (χ1) is 26.1. The predicted molar refractivity (Wildman–Crippen MR) is 242 cm³/mol. The summed E-state index contributed by atoms with van der Waals surface area (Å²) < 4.78 is 0. The fraction of sp³-hybridized carbons (Fsp3) is 0.294. The number of benzene rings is 6. The minimum Gasteiger partial charge on any atom is -0.872 e. The molecule has 0 amide bonds. The Labute approximate surface area is 342 Å². The van der Waals surface area contributed by atoms with Crippen LogP contribution in [0.2, 0.25) is 0 Å². The van der Waals surface area contributed by atoms with E-state index >= 15 is 0 Å². The molecule has 7 rings (SSSR count). The lowest BCUT2D eigenvalue weighted by molar-refractivity contribution is -0.270. The summed E-state index contributed by atoms with van der Waals surface area (Å²) in [4.78, 5) is 0. The van der Waals surface area contributed by atoms with Gasteiger partial charge in [-0.2, -0.15) is 11.8 Å². The van der Waals surface area contributed by atoms with Gasteiger partial charge in [0.05, 0.1) is 0 Å². The van der Waals surface area contributed by atoms with Crippen LogP contribution in [-0.4, -0.2) is 27.3 Å². The lowest BCUT2D eigenvalue weighted by Gasteiger charge is -2.24. The number of aryl methyl sites for hydroxylation is 2. The summed E-state index contributed by atoms with van der Waals surface area (Å²) in [6.07, 6.45) is 3.19. The number of phenols is 3. The maximum atomic E-state index is 14.1. The van der Waals surface area contributed by atoms with Gasteiger partial charge >= 0.3 is 0 Å². The zero-order valence-electron chi connectivity index (χ0n) is 33.1. The van der Waals surface area contributed by atoms with Gasteiger partial charge in [-0.3, -0.25) is 0 Å². The van der Waals surface area contributed by atoms with Crippen LogP contribution in [-0.2, 0) is 25.7 Å². The standard InChI is InChI=1S/C42H36O4.C3H8S.2C2H6.2CH4/c1-25-13-31-21-35-17-29(27-9-5-3-6-10-27)19-37(41(35)45)23-33-15-26(2)16-34(40(33)44)24-38-20-30(28-11-7-4-8-12-28)18-36(42(38)46)22-32(14-25)39(31)43;1-3-4-2;2*1-2;;/h3-20,43-46H,21-24H2,1-2H3;3H2,1-2H3;2*1-2H3;2*1H4/p-1. The summed E-state index contributed by atoms with van der Waals surface area (Å²) in [5.74, 6) is 1.56. The number of thioether (sulfide) groups is 1. The Kier molecular flexibility index (Phi) is 18.8. The molecule has 0 spiro atoms. The van der Waals surface area contributed by atoms with Crippen molar-refractivity contribution in [2.45, 2.75) is 89.0 Å². The number of rotatable bonds is 3. The molecule has 4 nitrogen and oxygen atoms in total. The molecule has 0 aromatic heterocycles. The summed E-state index contributed by atoms with van der Waals surface area (Å²) in [5, 5.41) is 49.1. The zero-order valence-corrected chi connectivity index (χ0v) is 33.9. The summed E-state index contributed by atoms with van der Waals surface area (Å²) >= 11 is 1.86. The van der Waals surface area contributed by atoms with Crippen molar-refractivity contribution in [1.82, 2.24) is 0 Å². The van der Waals surface area contributed by atoms with Crippen LogP contribution in [0.25, 0.3) is 22.3 Å². The van der Waals surface area contributed by atoms with Gasteiger partial charge in [-0.25, -0.2) is 0 Å². The Balaban J connectivity index is 0.00000101. The number of phenolic OH excluding ortho intramolecular Hbond substituents is 3. The van der Waals surface area contributed by atoms with Crippen LogP contribution in [0.1, 0.15) is 105 Å². The molecule has 0 radical (unpaired) electrons. The highest BCUT2D eigenvalue weighted by molar-refractivity contribution is 7.98. The smallest absolute Gasteiger partial charge is 0.122 e. The lowest BCUT2D eigenvalue weighted by Crippen LogP contribution is -2.07. The van der Waals surface area contributed by atoms with Crippen LogP contribution >= 0.6 is 11.8 Å². The van der Waals surface area contributed by atoms with Crippen LogP contribution in [0.3, 0.4) is 0 Å². The fourth-order valence-corrected chi connectivity index (χ4v) is 6.87. The van der Waals surface area contributed by atoms with E-state index in [-0.39, 0.29) is 50.7 Å². The number of aromatic hydroxyl groups is 3. The third-order valence-corrected chi connectivity index (χ3v) is 9.94. The molecular weight excluding hydrogens is 709 g/mol. The lowest BCUT2D eigenvalue weighted by atomic mass is 9.87. The molecule has 298 valence electrons. The van der Waals surface area contributed by atoms with Gasteiger partial charge in [-0.05, 0) is 93.6 Å². The Morgan fingerprint density at radius 1 is 0.464 bits per heavy atom. The van der Waals surface area contributed by atoms with Gasteiger partial charge in [0.15, 0.2) is 0 Å². The van der Waals surface area contributed by atoms with Crippen molar-refractivity contribution in [3.05, 3.63) is 165 Å². The SMILES string of the molecule is C.C.CC.CC.CCSC.Cc1cc2c(O)c(c1)Cc1cc(-c3ccccc3)cc(c1O)Cc1cc(C)cc(c1O)Cc1cc(-c3ccccc3)cc(c1[O-])C2. The first kappa shape index (κ1) is 47.0. The van der Waals surface area contributed by atoms with E-state index in [2.05, 4.69) is 13.2 Å². The number of fused-ring (bicyclic) bond motifs is 8. The Bertz CT molecular complexity index is 1890. The van der Waals surface area contributed by atoms with Crippen LogP contribution in [0, 0.1) is 13.8 Å². The summed E-state index contributed by atoms with van der Waals surface area (Å²) in [6.45, 7) is 14.1. The molecule has 0 heterocycles. The molecule has 1 aliphatic rings. The highest BCUT2D eigenvalue weighted by Crippen LogP contribution is 2.40. The van der Waals surface area contributed by atoms with Crippen molar-refractivity contribution >= 4 is 11.8 Å². The Morgan fingerprint density at radius 3 is 1.00 bits per heavy atom. The molecule has 0 fully saturated rings. The van der Waals surface area contributed by atoms with E-state index in [4.69, 9.17) is 0 Å². The minimum atomic E-state index is -0.0907. The monoisotopic (exact) mass is 771 g/mol. The van der Waals surface area contributed by atoms with Gasteiger partial charge in [0.25, 0.3) is 0 Å². The second-order valence-electron chi connectivity index (χ2n) is 13.1. The van der Waals surface area contributed by atoms with Crippen molar-refractivity contribution in [2.24, 2.45) is 0 Å². The van der Waals surface area contributed by atoms with Crippen molar-refractivity contribution in [2.75, 3.05) is 12.0 Å². The van der Waals surface area contributed by atoms with Crippen molar-refractivity contribution < 1.29 is 20.4 Å². The summed E-state index contributed by atoms with van der Waals surface area (Å²) in [7, 11) is 0. The van der Waals surface area contributed by atoms with Crippen molar-refractivity contribution in [3.63, 3.8) is 0 Å². The molecule has 3 N–H and O–H groups in total. The molecule has 0 unspecified atom stereocenters. The summed E-state index contributed by atoms with van der Waals surface area (Å²) in [6, 6.07) is 35.5. The van der Waals surface area contributed by atoms with Crippen molar-refractivity contribution in [3.8, 4) is 45.3 Å². The Hall–Kier alpha value is -5.13. The average Bonchev–Trinajstić information content (AvgIpc) is 3.20. The van der Waals surface area contributed by atoms with Gasteiger partial charge in [-0.1, -0.05) is 169 Å². The molecule has 0 aliphatic heterocycles. The van der Waals surface area contributed by atoms with Gasteiger partial charge in [0, 0.05) is 25.7 Å². The third-order valence-electron chi connectivity index (χ3n) is 9.36. The second-order valence-corrected chi connectivity index (χ2v) is 14.3. The van der Waals surface area contributed by atoms with Gasteiger partial charge in [0.1, 0.15) is 17.2 Å². The first-order valence-electron chi connectivity index (χ1n) is 19.0. The third kappa shape index (κ3) is 11.2.